The summed E-state index contributed by atoms with van der Waals surface area (Å²) in [6.07, 6.45) is 3.11. The molecule has 1 atom stereocenters. The van der Waals surface area contributed by atoms with Crippen LogP contribution in [-0.2, 0) is 0 Å². The minimum absolute atomic E-state index is 0.00300. The molecule has 0 saturated heterocycles. The van der Waals surface area contributed by atoms with E-state index >= 15 is 0 Å². The maximum Gasteiger partial charge on any atom is 0.379 e. The number of aryl methyl sites for hydroxylation is 3. The predicted octanol–water partition coefficient (Wildman–Crippen LogP) is 7.36. The molecule has 0 bridgehead atoms. The Morgan fingerprint density at radius 1 is 1.05 bits per heavy atom. The van der Waals surface area contributed by atoms with Crippen LogP contribution in [0.1, 0.15) is 70.5 Å². The van der Waals surface area contributed by atoms with Crippen LogP contribution in [0.2, 0.25) is 0 Å². The van der Waals surface area contributed by atoms with E-state index < -0.39 is 11.9 Å². The zero-order valence-corrected chi connectivity index (χ0v) is 23.2. The lowest BCUT2D eigenvalue weighted by Gasteiger charge is -2.28. The number of para-hydroxylation sites is 1. The van der Waals surface area contributed by atoms with Gasteiger partial charge in [0.1, 0.15) is 34.5 Å². The molecule has 0 saturated carbocycles. The van der Waals surface area contributed by atoms with Crippen LogP contribution in [0.4, 0.5) is 0 Å². The molecule has 0 aliphatic carbocycles. The largest absolute Gasteiger partial charge is 0.493 e. The quantitative estimate of drug-likeness (QED) is 0.142. The van der Waals surface area contributed by atoms with E-state index in [1.807, 2.05) is 51.1 Å². The summed E-state index contributed by atoms with van der Waals surface area (Å²) in [7, 11) is 0. The van der Waals surface area contributed by atoms with Gasteiger partial charge in [0.25, 0.3) is 0 Å². The van der Waals surface area contributed by atoms with Gasteiger partial charge in [-0.05, 0) is 56.5 Å². The Hall–Kier alpha value is -4.70. The molecule has 1 aliphatic rings. The number of benzene rings is 3. The number of nitrogens with zero attached hydrogens (tertiary/aromatic N) is 1. The van der Waals surface area contributed by atoms with E-state index in [9.17, 15) is 10.1 Å². The number of nitriles is 1. The predicted molar refractivity (Wildman–Crippen MR) is 153 cm³/mol. The SMILES string of the molecule is CCCCCOc1ccccc1C1C(C#N)=C(N)Oc2cc(OC(=O)c3oc4cc(C)cc(C)c4c3C)ccc21. The molecular formula is C33H32N2O5. The molecular weight excluding hydrogens is 504 g/mol. The number of nitrogens with two attached hydrogens (primary N) is 1. The Bertz CT molecular complexity index is 1670. The van der Waals surface area contributed by atoms with Gasteiger partial charge in [-0.2, -0.15) is 5.26 Å². The van der Waals surface area contributed by atoms with Gasteiger partial charge in [-0.15, -0.1) is 0 Å². The number of ether oxygens (including phenoxy) is 3. The molecule has 0 spiro atoms. The Labute approximate surface area is 233 Å². The first-order chi connectivity index (χ1) is 19.3. The topological polar surface area (TPSA) is 108 Å². The fourth-order valence-electron chi connectivity index (χ4n) is 5.34. The van der Waals surface area contributed by atoms with Gasteiger partial charge >= 0.3 is 5.97 Å². The van der Waals surface area contributed by atoms with Crippen LogP contribution in [0.5, 0.6) is 17.2 Å². The third kappa shape index (κ3) is 5.01. The van der Waals surface area contributed by atoms with Crippen molar-refractivity contribution in [3.05, 3.63) is 99.6 Å². The molecule has 1 aliphatic heterocycles. The fourth-order valence-corrected chi connectivity index (χ4v) is 5.34. The van der Waals surface area contributed by atoms with E-state index in [1.165, 1.54) is 0 Å². The normalized spacial score (nSPS) is 14.4. The molecule has 204 valence electrons. The smallest absolute Gasteiger partial charge is 0.379 e. The minimum Gasteiger partial charge on any atom is -0.493 e. The molecule has 3 aromatic carbocycles. The standard InChI is InChI=1S/C33H32N2O5/c1-5-6-9-14-37-26-11-8-7-10-23(26)30-24-13-12-22(17-27(24)40-32(35)25(30)18-34)38-33(36)31-21(4)29-20(3)15-19(2)16-28(29)39-31/h7-8,10-13,15-17,30H,5-6,9,14,35H2,1-4H3. The van der Waals surface area contributed by atoms with Gasteiger partial charge in [0, 0.05) is 28.1 Å². The Kier molecular flexibility index (Phi) is 7.52. The summed E-state index contributed by atoms with van der Waals surface area (Å²) in [5.41, 5.74) is 11.5. The van der Waals surface area contributed by atoms with E-state index in [4.69, 9.17) is 24.4 Å². The average Bonchev–Trinajstić information content (AvgIpc) is 3.26. The van der Waals surface area contributed by atoms with Crippen molar-refractivity contribution in [3.63, 3.8) is 0 Å². The van der Waals surface area contributed by atoms with Crippen molar-refractivity contribution in [3.8, 4) is 23.3 Å². The molecule has 7 heteroatoms. The van der Waals surface area contributed by atoms with Crippen LogP contribution >= 0.6 is 0 Å². The van der Waals surface area contributed by atoms with Crippen molar-refractivity contribution in [2.24, 2.45) is 5.73 Å². The van der Waals surface area contributed by atoms with Crippen LogP contribution in [0, 0.1) is 32.1 Å². The summed E-state index contributed by atoms with van der Waals surface area (Å²) in [5, 5.41) is 10.9. The summed E-state index contributed by atoms with van der Waals surface area (Å²) in [4.78, 5) is 13.2. The molecule has 0 radical (unpaired) electrons. The number of allylic oxidation sites excluding steroid dienone is 1. The van der Waals surface area contributed by atoms with Gasteiger partial charge in [-0.25, -0.2) is 4.79 Å². The van der Waals surface area contributed by atoms with E-state index in [0.29, 0.717) is 29.3 Å². The summed E-state index contributed by atoms with van der Waals surface area (Å²) in [6, 6.07) is 18.9. The second-order valence-corrected chi connectivity index (χ2v) is 10.1. The van der Waals surface area contributed by atoms with Crippen molar-refractivity contribution in [2.45, 2.75) is 52.9 Å². The average molecular weight is 537 g/mol. The lowest BCUT2D eigenvalue weighted by molar-refractivity contribution is 0.0702. The highest BCUT2D eigenvalue weighted by Gasteiger charge is 2.33. The molecule has 7 nitrogen and oxygen atoms in total. The highest BCUT2D eigenvalue weighted by molar-refractivity contribution is 5.98. The Morgan fingerprint density at radius 3 is 2.62 bits per heavy atom. The summed E-state index contributed by atoms with van der Waals surface area (Å²) < 4.78 is 23.6. The monoisotopic (exact) mass is 536 g/mol. The number of carbonyl (C=O) groups excluding carboxylic acids is 1. The van der Waals surface area contributed by atoms with E-state index in [0.717, 1.165) is 52.5 Å². The molecule has 2 N–H and O–H groups in total. The highest BCUT2D eigenvalue weighted by Crippen LogP contribution is 2.46. The molecule has 1 unspecified atom stereocenters. The van der Waals surface area contributed by atoms with E-state index in [2.05, 4.69) is 19.1 Å². The van der Waals surface area contributed by atoms with Gasteiger partial charge in [0.15, 0.2) is 0 Å². The first-order valence-corrected chi connectivity index (χ1v) is 13.5. The number of rotatable bonds is 8. The number of carbonyl (C=O) groups is 1. The molecule has 5 rings (SSSR count). The Balaban J connectivity index is 1.47. The van der Waals surface area contributed by atoms with Crippen LogP contribution in [0.3, 0.4) is 0 Å². The lowest BCUT2D eigenvalue weighted by Crippen LogP contribution is -2.21. The number of hydrogen-bond donors (Lipinski definition) is 1. The highest BCUT2D eigenvalue weighted by atomic mass is 16.5. The fraction of sp³-hybridized carbons (Fsp3) is 0.273. The molecule has 2 heterocycles. The summed E-state index contributed by atoms with van der Waals surface area (Å²) >= 11 is 0. The Morgan fingerprint density at radius 2 is 1.85 bits per heavy atom. The number of fused-ring (bicyclic) bond motifs is 2. The van der Waals surface area contributed by atoms with Crippen LogP contribution in [0.25, 0.3) is 11.0 Å². The summed E-state index contributed by atoms with van der Waals surface area (Å²) in [5.74, 6) is 0.421. The van der Waals surface area contributed by atoms with Crippen LogP contribution < -0.4 is 19.9 Å². The van der Waals surface area contributed by atoms with Gasteiger partial charge in [-0.3, -0.25) is 0 Å². The molecule has 4 aromatic rings. The number of esters is 1. The maximum absolute atomic E-state index is 13.2. The first kappa shape index (κ1) is 26.9. The van der Waals surface area contributed by atoms with E-state index in [1.54, 1.807) is 18.2 Å². The zero-order chi connectivity index (χ0) is 28.4. The molecule has 40 heavy (non-hydrogen) atoms. The number of furan rings is 1. The van der Waals surface area contributed by atoms with E-state index in [-0.39, 0.29) is 17.4 Å². The van der Waals surface area contributed by atoms with Crippen LogP contribution in [-0.4, -0.2) is 12.6 Å². The molecule has 1 aromatic heterocycles. The second kappa shape index (κ2) is 11.2. The summed E-state index contributed by atoms with van der Waals surface area (Å²) in [6.45, 7) is 8.55. The van der Waals surface area contributed by atoms with Gasteiger partial charge < -0.3 is 24.4 Å². The first-order valence-electron chi connectivity index (χ1n) is 13.5. The lowest BCUT2D eigenvalue weighted by atomic mass is 9.83. The number of unbranched alkanes of at least 4 members (excludes halogenated alkanes) is 2. The van der Waals surface area contributed by atoms with Crippen molar-refractivity contribution in [1.82, 2.24) is 0 Å². The second-order valence-electron chi connectivity index (χ2n) is 10.1. The zero-order valence-electron chi connectivity index (χ0n) is 23.2. The third-order valence-electron chi connectivity index (χ3n) is 7.19. The van der Waals surface area contributed by atoms with Crippen molar-refractivity contribution < 1.29 is 23.4 Å². The number of hydrogen-bond acceptors (Lipinski definition) is 7. The van der Waals surface area contributed by atoms with Gasteiger partial charge in [-0.1, -0.05) is 50.1 Å². The third-order valence-corrected chi connectivity index (χ3v) is 7.19. The van der Waals surface area contributed by atoms with Crippen LogP contribution in [0.15, 0.2) is 70.5 Å². The van der Waals surface area contributed by atoms with Crippen molar-refractivity contribution >= 4 is 16.9 Å². The minimum atomic E-state index is -0.606. The van der Waals surface area contributed by atoms with Gasteiger partial charge in [0.2, 0.25) is 11.6 Å². The van der Waals surface area contributed by atoms with Crippen molar-refractivity contribution in [2.75, 3.05) is 6.61 Å². The maximum atomic E-state index is 13.2. The van der Waals surface area contributed by atoms with Crippen molar-refractivity contribution in [1.29, 1.82) is 5.26 Å². The van der Waals surface area contributed by atoms with Gasteiger partial charge in [0.05, 0.1) is 12.5 Å². The molecule has 0 fully saturated rings. The molecule has 0 amide bonds.